The molecule has 0 aromatic rings. The summed E-state index contributed by atoms with van der Waals surface area (Å²) in [6.45, 7) is 3.99. The van der Waals surface area contributed by atoms with Crippen molar-refractivity contribution in [2.24, 2.45) is 5.73 Å². The van der Waals surface area contributed by atoms with Gasteiger partial charge in [0.25, 0.3) is 0 Å². The predicted octanol–water partition coefficient (Wildman–Crippen LogP) is 14.6. The van der Waals surface area contributed by atoms with Crippen molar-refractivity contribution >= 4 is 13.7 Å². The molecule has 0 rings (SSSR count). The summed E-state index contributed by atoms with van der Waals surface area (Å²) >= 11 is 0. The standard InChI is InChI=1S/C52H93N2O6P/c1-3-5-7-9-11-13-15-17-19-21-23-25-27-29-31-33-35-37-39-41-43-45-51(55)50(49-60-61(57,58)59-48-47-53)54-52(56)46-44-42-40-38-36-34-32-30-28-26-24-22-20-18-16-14-12-10-8-6-4-2/h6,8,12,14,18,20,24,26-27,29,35,37,43,45,50-51,55H,3-5,7,9-11,13,15-17,19,21-23,25,28,30-34,36,38-42,44,46-49,53H2,1-2H3,(H,54,56)(H,57,58)/b8-6-,14-12-,20-18-,26-24-,29-27+,37-35+,45-43+. The maximum Gasteiger partial charge on any atom is 0.472 e. The van der Waals surface area contributed by atoms with Crippen molar-refractivity contribution in [2.75, 3.05) is 19.8 Å². The van der Waals surface area contributed by atoms with Gasteiger partial charge in [-0.2, -0.15) is 0 Å². The Kier molecular flexibility index (Phi) is 45.4. The van der Waals surface area contributed by atoms with Crippen molar-refractivity contribution in [2.45, 2.75) is 219 Å². The molecule has 8 nitrogen and oxygen atoms in total. The second-order valence-electron chi connectivity index (χ2n) is 16.3. The first-order valence-electron chi connectivity index (χ1n) is 24.7. The molecule has 3 unspecified atom stereocenters. The Hall–Kier alpha value is -2.32. The van der Waals surface area contributed by atoms with Crippen LogP contribution in [0.15, 0.2) is 85.1 Å². The molecule has 0 aromatic carbocycles. The molecule has 1 amide bonds. The highest BCUT2D eigenvalue weighted by Crippen LogP contribution is 2.43. The summed E-state index contributed by atoms with van der Waals surface area (Å²) in [6.07, 6.45) is 63.6. The number of unbranched alkanes of at least 4 members (excludes halogenated alkanes) is 21. The molecule has 0 saturated carbocycles. The summed E-state index contributed by atoms with van der Waals surface area (Å²) in [5.74, 6) is -0.219. The molecule has 0 saturated heterocycles. The summed E-state index contributed by atoms with van der Waals surface area (Å²) < 4.78 is 22.2. The predicted molar refractivity (Wildman–Crippen MR) is 263 cm³/mol. The van der Waals surface area contributed by atoms with E-state index in [-0.39, 0.29) is 25.7 Å². The lowest BCUT2D eigenvalue weighted by Crippen LogP contribution is -2.45. The zero-order chi connectivity index (χ0) is 44.6. The van der Waals surface area contributed by atoms with Gasteiger partial charge in [0.1, 0.15) is 0 Å². The molecule has 0 spiro atoms. The molecule has 9 heteroatoms. The van der Waals surface area contributed by atoms with Gasteiger partial charge in [-0.3, -0.25) is 13.8 Å². The summed E-state index contributed by atoms with van der Waals surface area (Å²) in [7, 11) is -4.36. The molecular formula is C52H93N2O6P. The Bertz CT molecular complexity index is 1230. The van der Waals surface area contributed by atoms with Gasteiger partial charge in [0.2, 0.25) is 5.91 Å². The van der Waals surface area contributed by atoms with Crippen molar-refractivity contribution in [3.8, 4) is 0 Å². The van der Waals surface area contributed by atoms with E-state index in [2.05, 4.69) is 92.1 Å². The number of amides is 1. The number of hydrogen-bond donors (Lipinski definition) is 4. The van der Waals surface area contributed by atoms with Gasteiger partial charge in [0, 0.05) is 13.0 Å². The molecular weight excluding hydrogens is 780 g/mol. The van der Waals surface area contributed by atoms with Crippen LogP contribution in [0.4, 0.5) is 0 Å². The average molecular weight is 873 g/mol. The number of carbonyl (C=O) groups is 1. The van der Waals surface area contributed by atoms with E-state index >= 15 is 0 Å². The average Bonchev–Trinajstić information content (AvgIpc) is 3.25. The van der Waals surface area contributed by atoms with Crippen LogP contribution in [0.5, 0.6) is 0 Å². The fraction of sp³-hybridized carbons (Fsp3) is 0.712. The number of phosphoric acid groups is 1. The largest absolute Gasteiger partial charge is 0.472 e. The monoisotopic (exact) mass is 873 g/mol. The lowest BCUT2D eigenvalue weighted by molar-refractivity contribution is -0.123. The normalized spacial score (nSPS) is 14.6. The van der Waals surface area contributed by atoms with Gasteiger partial charge >= 0.3 is 7.82 Å². The van der Waals surface area contributed by atoms with Crippen LogP contribution in [0.2, 0.25) is 0 Å². The quantitative estimate of drug-likeness (QED) is 0.0272. The van der Waals surface area contributed by atoms with Crippen LogP contribution >= 0.6 is 7.82 Å². The molecule has 0 aromatic heterocycles. The molecule has 0 fully saturated rings. The highest BCUT2D eigenvalue weighted by molar-refractivity contribution is 7.47. The van der Waals surface area contributed by atoms with Gasteiger partial charge in [-0.15, -0.1) is 0 Å². The number of nitrogens with one attached hydrogen (secondary N) is 1. The van der Waals surface area contributed by atoms with Crippen LogP contribution in [0, 0.1) is 0 Å². The van der Waals surface area contributed by atoms with E-state index < -0.39 is 20.0 Å². The van der Waals surface area contributed by atoms with Gasteiger partial charge in [-0.1, -0.05) is 202 Å². The summed E-state index contributed by atoms with van der Waals surface area (Å²) in [6, 6.07) is -0.894. The van der Waals surface area contributed by atoms with E-state index in [4.69, 9.17) is 14.8 Å². The number of nitrogens with two attached hydrogens (primary N) is 1. The molecule has 0 aliphatic carbocycles. The minimum atomic E-state index is -4.36. The minimum Gasteiger partial charge on any atom is -0.387 e. The number of aliphatic hydroxyl groups excluding tert-OH is 1. The van der Waals surface area contributed by atoms with Crippen molar-refractivity contribution in [1.29, 1.82) is 0 Å². The maximum atomic E-state index is 12.8. The smallest absolute Gasteiger partial charge is 0.387 e. The summed E-state index contributed by atoms with van der Waals surface area (Å²) in [5, 5.41) is 13.7. The van der Waals surface area contributed by atoms with E-state index in [1.54, 1.807) is 6.08 Å². The first-order chi connectivity index (χ1) is 29.9. The lowest BCUT2D eigenvalue weighted by atomic mass is 10.1. The van der Waals surface area contributed by atoms with Crippen molar-refractivity contribution in [1.82, 2.24) is 5.32 Å². The molecule has 352 valence electrons. The van der Waals surface area contributed by atoms with Crippen molar-refractivity contribution in [3.63, 3.8) is 0 Å². The molecule has 0 radical (unpaired) electrons. The van der Waals surface area contributed by atoms with E-state index in [0.29, 0.717) is 6.42 Å². The molecule has 0 aliphatic rings. The van der Waals surface area contributed by atoms with Crippen LogP contribution < -0.4 is 11.1 Å². The zero-order valence-electron chi connectivity index (χ0n) is 39.1. The van der Waals surface area contributed by atoms with Crippen molar-refractivity contribution < 1.29 is 28.4 Å². The molecule has 0 bridgehead atoms. The Morgan fingerprint density at radius 3 is 1.46 bits per heavy atom. The second-order valence-corrected chi connectivity index (χ2v) is 17.7. The SMILES string of the molecule is CC/C=C\C/C=C\C/C=C\C/C=C\CCCCCCCCCCC(=O)NC(COP(=O)(O)OCCN)C(O)/C=C/CC/C=C/CC/C=C/CCCCCCCCCCCCC. The lowest BCUT2D eigenvalue weighted by Gasteiger charge is -2.23. The third kappa shape index (κ3) is 45.5. The number of aliphatic hydroxyl groups is 1. The summed E-state index contributed by atoms with van der Waals surface area (Å²) in [4.78, 5) is 22.8. The number of phosphoric ester groups is 1. The third-order valence-electron chi connectivity index (χ3n) is 10.4. The minimum absolute atomic E-state index is 0.0662. The first kappa shape index (κ1) is 58.7. The van der Waals surface area contributed by atoms with Crippen LogP contribution in [-0.4, -0.2) is 47.8 Å². The van der Waals surface area contributed by atoms with E-state index in [0.717, 1.165) is 83.5 Å². The van der Waals surface area contributed by atoms with E-state index in [1.807, 2.05) is 6.08 Å². The molecule has 5 N–H and O–H groups in total. The fourth-order valence-corrected chi connectivity index (χ4v) is 7.50. The van der Waals surface area contributed by atoms with Gasteiger partial charge in [0.15, 0.2) is 0 Å². The zero-order valence-corrected chi connectivity index (χ0v) is 40.0. The fourth-order valence-electron chi connectivity index (χ4n) is 6.74. The highest BCUT2D eigenvalue weighted by atomic mass is 31.2. The Balaban J connectivity index is 4.24. The van der Waals surface area contributed by atoms with Crippen LogP contribution in [0.3, 0.4) is 0 Å². The van der Waals surface area contributed by atoms with E-state index in [1.165, 1.54) is 103 Å². The topological polar surface area (TPSA) is 131 Å². The van der Waals surface area contributed by atoms with Crippen LogP contribution in [-0.2, 0) is 18.4 Å². The van der Waals surface area contributed by atoms with E-state index in [9.17, 15) is 19.4 Å². The van der Waals surface area contributed by atoms with Crippen LogP contribution in [0.1, 0.15) is 206 Å². The van der Waals surface area contributed by atoms with Gasteiger partial charge < -0.3 is 21.1 Å². The molecule has 61 heavy (non-hydrogen) atoms. The highest BCUT2D eigenvalue weighted by Gasteiger charge is 2.26. The molecule has 0 heterocycles. The maximum absolute atomic E-state index is 12.8. The molecule has 3 atom stereocenters. The van der Waals surface area contributed by atoms with Gasteiger partial charge in [-0.05, 0) is 83.5 Å². The first-order valence-corrected chi connectivity index (χ1v) is 26.2. The van der Waals surface area contributed by atoms with Gasteiger partial charge in [0.05, 0.1) is 25.4 Å². The third-order valence-corrected chi connectivity index (χ3v) is 11.4. The van der Waals surface area contributed by atoms with Gasteiger partial charge in [-0.25, -0.2) is 4.57 Å². The number of rotatable bonds is 45. The second kappa shape index (κ2) is 47.2. The Morgan fingerprint density at radius 2 is 0.967 bits per heavy atom. The Morgan fingerprint density at radius 1 is 0.557 bits per heavy atom. The van der Waals surface area contributed by atoms with Crippen LogP contribution in [0.25, 0.3) is 0 Å². The number of hydrogen-bond acceptors (Lipinski definition) is 6. The van der Waals surface area contributed by atoms with Crippen molar-refractivity contribution in [3.05, 3.63) is 85.1 Å². The number of carbonyl (C=O) groups excluding carboxylic acids is 1. The Labute approximate surface area is 375 Å². The summed E-state index contributed by atoms with van der Waals surface area (Å²) in [5.41, 5.74) is 5.38. The number of allylic oxidation sites excluding steroid dienone is 13. The molecule has 0 aliphatic heterocycles.